The van der Waals surface area contributed by atoms with E-state index >= 15 is 0 Å². The molecule has 1 aliphatic rings. The Morgan fingerprint density at radius 3 is 2.57 bits per heavy atom. The highest BCUT2D eigenvalue weighted by Crippen LogP contribution is 2.41. The zero-order valence-electron chi connectivity index (χ0n) is 19.8. The van der Waals surface area contributed by atoms with Crippen LogP contribution in [0, 0.1) is 0 Å². The standard InChI is InChI=1S/C28H25Cl2FO6/c29-19-7-4-18(25(14-19)36-13-11-31)2-1-3-24(32)17-5-8-20(9-6-17)37-27-16-26-22(15-23(27)30)21(28(33)34)10-12-35-26/h4-9,14-16,21H,1-3,10-13H2,(H,33,34). The monoisotopic (exact) mass is 546 g/mol. The number of fused-ring (bicyclic) bond motifs is 1. The van der Waals surface area contributed by atoms with Crippen molar-refractivity contribution < 1.29 is 33.3 Å². The van der Waals surface area contributed by atoms with Gasteiger partial charge in [0.15, 0.2) is 5.78 Å². The number of carboxylic acid groups (broad SMARTS) is 1. The molecule has 37 heavy (non-hydrogen) atoms. The number of Topliss-reactive ketones (excluding diaryl/α,β-unsaturated/α-hetero) is 1. The van der Waals surface area contributed by atoms with E-state index < -0.39 is 18.6 Å². The molecule has 0 saturated heterocycles. The molecule has 1 atom stereocenters. The summed E-state index contributed by atoms with van der Waals surface area (Å²) in [6, 6.07) is 15.1. The molecule has 1 heterocycles. The summed E-state index contributed by atoms with van der Waals surface area (Å²) in [7, 11) is 0. The van der Waals surface area contributed by atoms with Crippen LogP contribution in [0.2, 0.25) is 10.0 Å². The number of carbonyl (C=O) groups is 2. The molecule has 194 valence electrons. The first-order valence-electron chi connectivity index (χ1n) is 11.8. The van der Waals surface area contributed by atoms with Gasteiger partial charge in [-0.3, -0.25) is 9.59 Å². The van der Waals surface area contributed by atoms with Crippen LogP contribution in [-0.2, 0) is 11.2 Å². The number of ether oxygens (including phenoxy) is 3. The van der Waals surface area contributed by atoms with Crippen LogP contribution in [0.5, 0.6) is 23.0 Å². The number of alkyl halides is 1. The third-order valence-corrected chi connectivity index (χ3v) is 6.55. The fourth-order valence-corrected chi connectivity index (χ4v) is 4.53. The maximum absolute atomic E-state index is 12.7. The minimum Gasteiger partial charge on any atom is -0.493 e. The van der Waals surface area contributed by atoms with Crippen molar-refractivity contribution in [1.29, 1.82) is 0 Å². The van der Waals surface area contributed by atoms with Gasteiger partial charge in [-0.1, -0.05) is 29.3 Å². The van der Waals surface area contributed by atoms with E-state index in [1.165, 1.54) is 0 Å². The van der Waals surface area contributed by atoms with Gasteiger partial charge in [0.05, 0.1) is 17.5 Å². The molecule has 0 spiro atoms. The molecule has 9 heteroatoms. The number of halogens is 3. The number of rotatable bonds is 11. The van der Waals surface area contributed by atoms with E-state index in [2.05, 4.69) is 0 Å². The van der Waals surface area contributed by atoms with Crippen LogP contribution >= 0.6 is 23.2 Å². The fraction of sp³-hybridized carbons (Fsp3) is 0.286. The number of benzene rings is 3. The van der Waals surface area contributed by atoms with Gasteiger partial charge in [0.2, 0.25) is 0 Å². The Labute approximate surface area is 223 Å². The van der Waals surface area contributed by atoms with Crippen molar-refractivity contribution in [2.75, 3.05) is 19.9 Å². The number of carboxylic acids is 1. The van der Waals surface area contributed by atoms with Crippen LogP contribution in [0.3, 0.4) is 0 Å². The third-order valence-electron chi connectivity index (χ3n) is 6.02. The molecule has 0 aliphatic carbocycles. The minimum absolute atomic E-state index is 0.0216. The molecule has 1 aliphatic heterocycles. The Morgan fingerprint density at radius 2 is 1.84 bits per heavy atom. The van der Waals surface area contributed by atoms with E-state index in [9.17, 15) is 19.1 Å². The van der Waals surface area contributed by atoms with Gasteiger partial charge in [-0.15, -0.1) is 0 Å². The van der Waals surface area contributed by atoms with Crippen molar-refractivity contribution in [2.45, 2.75) is 31.6 Å². The SMILES string of the molecule is O=C(CCCc1ccc(Cl)cc1OCCF)c1ccc(Oc2cc3c(cc2Cl)C(C(=O)O)CCO3)cc1. The third kappa shape index (κ3) is 6.73. The molecule has 1 unspecified atom stereocenters. The van der Waals surface area contributed by atoms with Crippen molar-refractivity contribution in [3.8, 4) is 23.0 Å². The van der Waals surface area contributed by atoms with E-state index in [0.29, 0.717) is 71.4 Å². The van der Waals surface area contributed by atoms with E-state index in [1.54, 1.807) is 48.5 Å². The van der Waals surface area contributed by atoms with Crippen LogP contribution < -0.4 is 14.2 Å². The van der Waals surface area contributed by atoms with Gasteiger partial charge < -0.3 is 19.3 Å². The van der Waals surface area contributed by atoms with E-state index in [1.807, 2.05) is 6.07 Å². The summed E-state index contributed by atoms with van der Waals surface area (Å²) in [5.74, 6) is 0.154. The number of ketones is 1. The summed E-state index contributed by atoms with van der Waals surface area (Å²) in [5, 5.41) is 10.2. The first kappa shape index (κ1) is 26.8. The van der Waals surface area contributed by atoms with Gasteiger partial charge in [-0.2, -0.15) is 0 Å². The van der Waals surface area contributed by atoms with Gasteiger partial charge in [-0.25, -0.2) is 4.39 Å². The zero-order valence-corrected chi connectivity index (χ0v) is 21.4. The van der Waals surface area contributed by atoms with Crippen molar-refractivity contribution in [3.05, 3.63) is 81.3 Å². The average Bonchev–Trinajstić information content (AvgIpc) is 2.89. The van der Waals surface area contributed by atoms with Crippen molar-refractivity contribution in [2.24, 2.45) is 0 Å². The highest BCUT2D eigenvalue weighted by molar-refractivity contribution is 6.32. The lowest BCUT2D eigenvalue weighted by Crippen LogP contribution is -2.20. The highest BCUT2D eigenvalue weighted by atomic mass is 35.5. The smallest absolute Gasteiger partial charge is 0.311 e. The summed E-state index contributed by atoms with van der Waals surface area (Å²) in [4.78, 5) is 24.2. The number of hydrogen-bond donors (Lipinski definition) is 1. The maximum atomic E-state index is 12.7. The molecule has 0 aromatic heterocycles. The Balaban J connectivity index is 1.36. The normalized spacial score (nSPS) is 14.4. The average molecular weight is 547 g/mol. The van der Waals surface area contributed by atoms with Crippen LogP contribution in [0.15, 0.2) is 54.6 Å². The maximum Gasteiger partial charge on any atom is 0.311 e. The summed E-state index contributed by atoms with van der Waals surface area (Å²) in [6.45, 7) is -0.346. The van der Waals surface area contributed by atoms with Gasteiger partial charge in [0, 0.05) is 28.6 Å². The predicted molar refractivity (Wildman–Crippen MR) is 139 cm³/mol. The summed E-state index contributed by atoms with van der Waals surface area (Å²) in [5.41, 5.74) is 1.94. The van der Waals surface area contributed by atoms with Gasteiger partial charge in [0.1, 0.15) is 36.3 Å². The lowest BCUT2D eigenvalue weighted by Gasteiger charge is -2.24. The molecule has 3 aromatic carbocycles. The lowest BCUT2D eigenvalue weighted by molar-refractivity contribution is -0.139. The topological polar surface area (TPSA) is 82.1 Å². The Bertz CT molecular complexity index is 1280. The first-order chi connectivity index (χ1) is 17.9. The second kappa shape index (κ2) is 12.3. The van der Waals surface area contributed by atoms with Crippen molar-refractivity contribution >= 4 is 35.0 Å². The quantitative estimate of drug-likeness (QED) is 0.254. The number of carbonyl (C=O) groups excluding carboxylic acids is 1. The zero-order chi connectivity index (χ0) is 26.4. The largest absolute Gasteiger partial charge is 0.493 e. The van der Waals surface area contributed by atoms with Crippen LogP contribution in [0.25, 0.3) is 0 Å². The number of aliphatic carboxylic acids is 1. The Morgan fingerprint density at radius 1 is 1.05 bits per heavy atom. The first-order valence-corrected chi connectivity index (χ1v) is 12.6. The molecule has 4 rings (SSSR count). The van der Waals surface area contributed by atoms with Crippen molar-refractivity contribution in [1.82, 2.24) is 0 Å². The Hall–Kier alpha value is -3.29. The van der Waals surface area contributed by atoms with E-state index in [-0.39, 0.29) is 17.4 Å². The molecule has 3 aromatic rings. The van der Waals surface area contributed by atoms with E-state index in [4.69, 9.17) is 37.4 Å². The molecule has 0 fully saturated rings. The van der Waals surface area contributed by atoms with Crippen LogP contribution in [-0.4, -0.2) is 36.7 Å². The second-order valence-corrected chi connectivity index (χ2v) is 9.38. The minimum atomic E-state index is -0.923. The highest BCUT2D eigenvalue weighted by Gasteiger charge is 2.29. The molecular weight excluding hydrogens is 522 g/mol. The predicted octanol–water partition coefficient (Wildman–Crippen LogP) is 7.29. The van der Waals surface area contributed by atoms with Crippen LogP contribution in [0.1, 0.15) is 46.7 Å². The molecule has 0 amide bonds. The van der Waals surface area contributed by atoms with Crippen molar-refractivity contribution in [3.63, 3.8) is 0 Å². The summed E-state index contributed by atoms with van der Waals surface area (Å²) in [6.07, 6.45) is 1.88. The molecule has 0 saturated carbocycles. The van der Waals surface area contributed by atoms with Crippen LogP contribution in [0.4, 0.5) is 4.39 Å². The number of hydrogen-bond acceptors (Lipinski definition) is 5. The molecule has 0 radical (unpaired) electrons. The summed E-state index contributed by atoms with van der Waals surface area (Å²) < 4.78 is 29.4. The lowest BCUT2D eigenvalue weighted by atomic mass is 9.93. The van der Waals surface area contributed by atoms with E-state index in [0.717, 1.165) is 5.56 Å². The van der Waals surface area contributed by atoms with Gasteiger partial charge >= 0.3 is 5.97 Å². The molecule has 0 bridgehead atoms. The number of aryl methyl sites for hydroxylation is 1. The Kier molecular flexibility index (Phi) is 8.90. The van der Waals surface area contributed by atoms with Gasteiger partial charge in [-0.05, 0) is 67.3 Å². The molecular formula is C28H25Cl2FO6. The second-order valence-electron chi connectivity index (χ2n) is 8.54. The fourth-order valence-electron chi connectivity index (χ4n) is 4.16. The summed E-state index contributed by atoms with van der Waals surface area (Å²) >= 11 is 12.4. The molecule has 1 N–H and O–H groups in total. The van der Waals surface area contributed by atoms with Gasteiger partial charge in [0.25, 0.3) is 0 Å². The molecule has 6 nitrogen and oxygen atoms in total.